The van der Waals surface area contributed by atoms with Gasteiger partial charge in [0.25, 0.3) is 5.69 Å². The largest absolute Gasteiger partial charge is 0.504 e. The third kappa shape index (κ3) is 4.61. The molecule has 0 bridgehead atoms. The lowest BCUT2D eigenvalue weighted by Gasteiger charge is -2.03. The zero-order valence-corrected chi connectivity index (χ0v) is 18.3. The number of nitro groups is 1. The van der Waals surface area contributed by atoms with Crippen LogP contribution in [-0.2, 0) is 0 Å². The highest BCUT2D eigenvalue weighted by atomic mass is 35.5. The lowest BCUT2D eigenvalue weighted by atomic mass is 10.1. The summed E-state index contributed by atoms with van der Waals surface area (Å²) in [5.74, 6) is 0.394. The maximum Gasteiger partial charge on any atom is 0.269 e. The smallest absolute Gasteiger partial charge is 0.269 e. The summed E-state index contributed by atoms with van der Waals surface area (Å²) in [5, 5.41) is 21.9. The van der Waals surface area contributed by atoms with Gasteiger partial charge in [0.2, 0.25) is 5.13 Å². The number of methoxy groups -OCH3 is 1. The Kier molecular flexibility index (Phi) is 6.16. The van der Waals surface area contributed by atoms with Crippen LogP contribution in [0.5, 0.6) is 11.5 Å². The van der Waals surface area contributed by atoms with Crippen molar-refractivity contribution in [3.05, 3.63) is 87.4 Å². The van der Waals surface area contributed by atoms with Crippen molar-refractivity contribution in [3.8, 4) is 33.2 Å². The molecule has 160 valence electrons. The van der Waals surface area contributed by atoms with Gasteiger partial charge < -0.3 is 9.84 Å². The summed E-state index contributed by atoms with van der Waals surface area (Å²) in [6.45, 7) is 0. The van der Waals surface area contributed by atoms with E-state index in [-0.39, 0.29) is 11.4 Å². The Morgan fingerprint density at radius 3 is 2.44 bits per heavy atom. The van der Waals surface area contributed by atoms with Crippen molar-refractivity contribution in [1.29, 1.82) is 0 Å². The lowest BCUT2D eigenvalue weighted by Crippen LogP contribution is -1.87. The van der Waals surface area contributed by atoms with Crippen molar-refractivity contribution in [1.82, 2.24) is 4.98 Å². The first-order valence-corrected chi connectivity index (χ1v) is 10.6. The summed E-state index contributed by atoms with van der Waals surface area (Å²) >= 11 is 7.39. The number of nitro benzene ring substituents is 1. The molecule has 9 heteroatoms. The predicted molar refractivity (Wildman–Crippen MR) is 127 cm³/mol. The molecule has 0 aliphatic heterocycles. The second kappa shape index (κ2) is 9.17. The molecule has 4 rings (SSSR count). The zero-order chi connectivity index (χ0) is 22.7. The van der Waals surface area contributed by atoms with Crippen LogP contribution in [0, 0.1) is 10.1 Å². The van der Waals surface area contributed by atoms with Crippen LogP contribution in [0.25, 0.3) is 21.7 Å². The summed E-state index contributed by atoms with van der Waals surface area (Å²) in [4.78, 5) is 20.6. The number of rotatable bonds is 6. The number of hydrogen-bond donors (Lipinski definition) is 1. The van der Waals surface area contributed by atoms with Crippen LogP contribution in [0.2, 0.25) is 5.02 Å². The number of hydrogen-bond acceptors (Lipinski definition) is 7. The Labute approximate surface area is 192 Å². The van der Waals surface area contributed by atoms with Crippen LogP contribution in [0.3, 0.4) is 0 Å². The SMILES string of the molecule is COc1cc(C=Nc2nc(-c3ccc(Cl)cc3)c(-c3ccc([N+](=O)[O-])cc3)s2)ccc1O. The quantitative estimate of drug-likeness (QED) is 0.199. The average molecular weight is 466 g/mol. The number of aromatic hydroxyl groups is 1. The first-order chi connectivity index (χ1) is 15.4. The number of thiazole rings is 1. The summed E-state index contributed by atoms with van der Waals surface area (Å²) in [7, 11) is 1.48. The minimum Gasteiger partial charge on any atom is -0.504 e. The van der Waals surface area contributed by atoms with E-state index >= 15 is 0 Å². The van der Waals surface area contributed by atoms with Crippen molar-refractivity contribution in [2.45, 2.75) is 0 Å². The van der Waals surface area contributed by atoms with E-state index in [4.69, 9.17) is 16.3 Å². The molecule has 32 heavy (non-hydrogen) atoms. The number of phenols is 1. The highest BCUT2D eigenvalue weighted by Crippen LogP contribution is 2.41. The number of benzene rings is 3. The van der Waals surface area contributed by atoms with E-state index < -0.39 is 4.92 Å². The Hall–Kier alpha value is -3.75. The van der Waals surface area contributed by atoms with Crippen molar-refractivity contribution in [2.24, 2.45) is 4.99 Å². The van der Waals surface area contributed by atoms with Gasteiger partial charge in [0.1, 0.15) is 0 Å². The maximum atomic E-state index is 11.0. The van der Waals surface area contributed by atoms with E-state index in [1.54, 1.807) is 42.6 Å². The monoisotopic (exact) mass is 465 g/mol. The fourth-order valence-corrected chi connectivity index (χ4v) is 4.07. The van der Waals surface area contributed by atoms with E-state index in [0.717, 1.165) is 21.6 Å². The first-order valence-electron chi connectivity index (χ1n) is 9.37. The van der Waals surface area contributed by atoms with Crippen LogP contribution in [-0.4, -0.2) is 28.3 Å². The number of ether oxygens (including phenoxy) is 1. The molecular weight excluding hydrogens is 450 g/mol. The van der Waals surface area contributed by atoms with Crippen LogP contribution >= 0.6 is 22.9 Å². The van der Waals surface area contributed by atoms with Crippen molar-refractivity contribution < 1.29 is 14.8 Å². The van der Waals surface area contributed by atoms with E-state index in [2.05, 4.69) is 9.98 Å². The summed E-state index contributed by atoms with van der Waals surface area (Å²) < 4.78 is 5.13. The molecule has 0 fully saturated rings. The molecule has 7 nitrogen and oxygen atoms in total. The number of non-ortho nitro benzene ring substituents is 1. The number of aliphatic imine (C=N–C) groups is 1. The molecule has 0 unspecified atom stereocenters. The number of halogens is 1. The lowest BCUT2D eigenvalue weighted by molar-refractivity contribution is -0.384. The van der Waals surface area contributed by atoms with Crippen molar-refractivity contribution in [3.63, 3.8) is 0 Å². The minimum absolute atomic E-state index is 0.0193. The van der Waals surface area contributed by atoms with Crippen LogP contribution in [0.15, 0.2) is 71.7 Å². The molecule has 0 aliphatic carbocycles. The van der Waals surface area contributed by atoms with Crippen LogP contribution in [0.4, 0.5) is 10.8 Å². The van der Waals surface area contributed by atoms with Gasteiger partial charge in [0, 0.05) is 28.9 Å². The molecule has 0 radical (unpaired) electrons. The van der Waals surface area contributed by atoms with Gasteiger partial charge >= 0.3 is 0 Å². The Bertz CT molecular complexity index is 1300. The third-order valence-corrected chi connectivity index (χ3v) is 5.87. The third-order valence-electron chi connectivity index (χ3n) is 4.60. The first kappa shape index (κ1) is 21.5. The Balaban J connectivity index is 1.75. The van der Waals surface area contributed by atoms with Crippen molar-refractivity contribution in [2.75, 3.05) is 7.11 Å². The topological polar surface area (TPSA) is 97.9 Å². The number of phenolic OH excluding ortho intramolecular Hbond substituents is 1. The molecule has 4 aromatic rings. The van der Waals surface area contributed by atoms with E-state index in [1.807, 2.05) is 12.1 Å². The average Bonchev–Trinajstić information content (AvgIpc) is 3.23. The Morgan fingerprint density at radius 1 is 1.09 bits per heavy atom. The van der Waals surface area contributed by atoms with E-state index in [0.29, 0.717) is 21.6 Å². The van der Waals surface area contributed by atoms with Gasteiger partial charge in [-0.2, -0.15) is 0 Å². The van der Waals surface area contributed by atoms with Gasteiger partial charge in [-0.3, -0.25) is 10.1 Å². The molecule has 1 heterocycles. The molecule has 1 aromatic heterocycles. The molecule has 0 aliphatic rings. The second-order valence-electron chi connectivity index (χ2n) is 6.67. The van der Waals surface area contributed by atoms with Crippen LogP contribution in [0.1, 0.15) is 5.56 Å². The summed E-state index contributed by atoms with van der Waals surface area (Å²) in [6.07, 6.45) is 1.63. The second-order valence-corrected chi connectivity index (χ2v) is 8.09. The fourth-order valence-electron chi connectivity index (χ4n) is 3.00. The molecule has 3 aromatic carbocycles. The highest BCUT2D eigenvalue weighted by molar-refractivity contribution is 7.19. The maximum absolute atomic E-state index is 11.0. The molecule has 1 N–H and O–H groups in total. The van der Waals surface area contributed by atoms with Gasteiger partial charge in [0.05, 0.1) is 22.6 Å². The van der Waals surface area contributed by atoms with Crippen LogP contribution < -0.4 is 4.74 Å². The summed E-state index contributed by atoms with van der Waals surface area (Å²) in [6, 6.07) is 18.5. The molecule has 0 saturated heterocycles. The van der Waals surface area contributed by atoms with Gasteiger partial charge in [-0.05, 0) is 53.6 Å². The normalized spacial score (nSPS) is 11.1. The molecule has 0 amide bonds. The molecule has 0 spiro atoms. The van der Waals surface area contributed by atoms with Gasteiger partial charge in [-0.15, -0.1) is 0 Å². The summed E-state index contributed by atoms with van der Waals surface area (Å²) in [5.41, 5.74) is 3.11. The molecular formula is C23H16ClN3O4S. The van der Waals surface area contributed by atoms with Gasteiger partial charge in [0.15, 0.2) is 11.5 Å². The number of aromatic nitrogens is 1. The highest BCUT2D eigenvalue weighted by Gasteiger charge is 2.16. The van der Waals surface area contributed by atoms with E-state index in [1.165, 1.54) is 36.6 Å². The standard InChI is InChI=1S/C23H16ClN3O4S/c1-31-20-12-14(2-11-19(20)28)13-25-23-26-21(15-3-7-17(24)8-4-15)22(32-23)16-5-9-18(10-6-16)27(29)30/h2-13,28H,1H3. The number of nitrogens with zero attached hydrogens (tertiary/aromatic N) is 3. The minimum atomic E-state index is -0.432. The predicted octanol–water partition coefficient (Wildman–Crippen LogP) is 6.50. The molecule has 0 saturated carbocycles. The fraction of sp³-hybridized carbons (Fsp3) is 0.0435. The van der Waals surface area contributed by atoms with Gasteiger partial charge in [-0.25, -0.2) is 9.98 Å². The zero-order valence-electron chi connectivity index (χ0n) is 16.7. The van der Waals surface area contributed by atoms with E-state index in [9.17, 15) is 15.2 Å². The van der Waals surface area contributed by atoms with Gasteiger partial charge in [-0.1, -0.05) is 35.1 Å². The van der Waals surface area contributed by atoms with Crippen molar-refractivity contribution >= 4 is 40.0 Å². The molecule has 0 atom stereocenters. The Morgan fingerprint density at radius 2 is 1.78 bits per heavy atom.